The van der Waals surface area contributed by atoms with Gasteiger partial charge in [0.25, 0.3) is 0 Å². The molecule has 0 fully saturated rings. The first kappa shape index (κ1) is 16.6. The van der Waals surface area contributed by atoms with Crippen LogP contribution in [0.2, 0.25) is 0 Å². The minimum atomic E-state index is -4.01. The third-order valence-corrected chi connectivity index (χ3v) is 5.24. The molecule has 1 aromatic carbocycles. The summed E-state index contributed by atoms with van der Waals surface area (Å²) in [6.45, 7) is -0.470. The van der Waals surface area contributed by atoms with Gasteiger partial charge in [-0.05, 0) is 34.1 Å². The summed E-state index contributed by atoms with van der Waals surface area (Å²) in [6, 6.07) is 3.61. The van der Waals surface area contributed by atoms with Crippen LogP contribution in [-0.2, 0) is 19.6 Å². The number of esters is 1. The maximum atomic E-state index is 12.3. The van der Waals surface area contributed by atoms with Gasteiger partial charge in [0.1, 0.15) is 6.54 Å². The highest BCUT2D eigenvalue weighted by Gasteiger charge is 2.26. The normalized spacial score (nSPS) is 11.4. The van der Waals surface area contributed by atoms with E-state index in [0.29, 0.717) is 0 Å². The fourth-order valence-corrected chi connectivity index (χ4v) is 3.40. The summed E-state index contributed by atoms with van der Waals surface area (Å²) in [5, 5.41) is 8.89. The number of methoxy groups -OCH3 is 1. The first-order valence-electron chi connectivity index (χ1n) is 5.26. The van der Waals surface area contributed by atoms with Gasteiger partial charge in [-0.1, -0.05) is 0 Å². The number of ether oxygens (including phenoxy) is 1. The highest BCUT2D eigenvalue weighted by atomic mass is 79.9. The van der Waals surface area contributed by atoms with E-state index >= 15 is 0 Å². The van der Waals surface area contributed by atoms with Gasteiger partial charge < -0.3 is 9.84 Å². The van der Waals surface area contributed by atoms with Gasteiger partial charge in [0, 0.05) is 11.5 Å². The van der Waals surface area contributed by atoms with Gasteiger partial charge in [-0.25, -0.2) is 13.2 Å². The Morgan fingerprint density at radius 1 is 1.40 bits per heavy atom. The van der Waals surface area contributed by atoms with E-state index < -0.39 is 28.5 Å². The molecule has 0 unspecified atom stereocenters. The first-order valence-corrected chi connectivity index (χ1v) is 7.49. The maximum Gasteiger partial charge on any atom is 0.335 e. The lowest BCUT2D eigenvalue weighted by atomic mass is 10.2. The van der Waals surface area contributed by atoms with Crippen molar-refractivity contribution in [1.82, 2.24) is 4.31 Å². The molecule has 20 heavy (non-hydrogen) atoms. The van der Waals surface area contributed by atoms with Crippen LogP contribution in [0.1, 0.15) is 10.4 Å². The fourth-order valence-electron chi connectivity index (χ4n) is 1.33. The molecule has 0 aliphatic rings. The molecule has 0 radical (unpaired) electrons. The van der Waals surface area contributed by atoms with Crippen molar-refractivity contribution in [2.75, 3.05) is 20.7 Å². The zero-order valence-corrected chi connectivity index (χ0v) is 13.1. The summed E-state index contributed by atoms with van der Waals surface area (Å²) in [6.07, 6.45) is 0. The Morgan fingerprint density at radius 3 is 2.50 bits per heavy atom. The van der Waals surface area contributed by atoms with Gasteiger partial charge in [0.2, 0.25) is 10.0 Å². The lowest BCUT2D eigenvalue weighted by Crippen LogP contribution is -2.33. The molecule has 0 saturated carbocycles. The van der Waals surface area contributed by atoms with Gasteiger partial charge in [0.15, 0.2) is 0 Å². The molecule has 0 bridgehead atoms. The summed E-state index contributed by atoms with van der Waals surface area (Å²) < 4.78 is 29.9. The minimum Gasteiger partial charge on any atom is -0.478 e. The van der Waals surface area contributed by atoms with Gasteiger partial charge in [-0.2, -0.15) is 4.31 Å². The number of halogens is 1. The lowest BCUT2D eigenvalue weighted by molar-refractivity contribution is -0.140. The van der Waals surface area contributed by atoms with Crippen molar-refractivity contribution >= 4 is 37.9 Å². The SMILES string of the molecule is COC(=O)CN(C)S(=O)(=O)c1cc(C(=O)O)ccc1Br. The van der Waals surface area contributed by atoms with Crippen molar-refractivity contribution in [1.29, 1.82) is 0 Å². The third kappa shape index (κ3) is 3.56. The third-order valence-electron chi connectivity index (χ3n) is 2.45. The number of hydrogen-bond donors (Lipinski definition) is 1. The summed E-state index contributed by atoms with van der Waals surface area (Å²) in [5.41, 5.74) is -0.168. The Hall–Kier alpha value is -1.45. The topological polar surface area (TPSA) is 101 Å². The number of nitrogens with zero attached hydrogens (tertiary/aromatic N) is 1. The van der Waals surface area contributed by atoms with E-state index in [1.54, 1.807) is 0 Å². The average molecular weight is 366 g/mol. The summed E-state index contributed by atoms with van der Waals surface area (Å²) in [4.78, 5) is 21.8. The molecule has 0 amide bonds. The number of hydrogen-bond acceptors (Lipinski definition) is 5. The molecule has 0 aliphatic carbocycles. The Bertz CT molecular complexity index is 642. The molecule has 0 saturated heterocycles. The van der Waals surface area contributed by atoms with Crippen LogP contribution in [-0.4, -0.2) is 50.5 Å². The van der Waals surface area contributed by atoms with Crippen molar-refractivity contribution in [2.24, 2.45) is 0 Å². The average Bonchev–Trinajstić information content (AvgIpc) is 2.38. The predicted octanol–water partition coefficient (Wildman–Crippen LogP) is 0.941. The fraction of sp³-hybridized carbons (Fsp3) is 0.273. The monoisotopic (exact) mass is 365 g/mol. The molecular formula is C11H12BrNO6S. The van der Waals surface area contributed by atoms with Crippen LogP contribution < -0.4 is 0 Å². The molecule has 0 aliphatic heterocycles. The van der Waals surface area contributed by atoms with Crippen LogP contribution in [0.15, 0.2) is 27.6 Å². The predicted molar refractivity (Wildman–Crippen MR) is 72.9 cm³/mol. The Kier molecular flexibility index (Phi) is 5.26. The molecule has 1 rings (SSSR count). The molecule has 0 spiro atoms. The zero-order valence-electron chi connectivity index (χ0n) is 10.7. The van der Waals surface area contributed by atoms with Crippen molar-refractivity contribution in [2.45, 2.75) is 4.90 Å². The van der Waals surface area contributed by atoms with Crippen molar-refractivity contribution in [3.63, 3.8) is 0 Å². The van der Waals surface area contributed by atoms with Crippen LogP contribution in [0.5, 0.6) is 0 Å². The Labute approximate surface area is 124 Å². The van der Waals surface area contributed by atoms with E-state index in [9.17, 15) is 18.0 Å². The number of benzene rings is 1. The number of carbonyl (C=O) groups is 2. The second-order valence-corrected chi connectivity index (χ2v) is 6.66. The standard InChI is InChI=1S/C11H12BrNO6S/c1-13(6-10(14)19-2)20(17,18)9-5-7(11(15)16)3-4-8(9)12/h3-5H,6H2,1-2H3,(H,15,16). The van der Waals surface area contributed by atoms with Gasteiger partial charge in [-0.15, -0.1) is 0 Å². The van der Waals surface area contributed by atoms with Gasteiger partial charge in [-0.3, -0.25) is 4.79 Å². The second kappa shape index (κ2) is 6.33. The van der Waals surface area contributed by atoms with Gasteiger partial charge in [0.05, 0.1) is 17.6 Å². The van der Waals surface area contributed by atoms with Crippen molar-refractivity contribution in [3.05, 3.63) is 28.2 Å². The molecular weight excluding hydrogens is 354 g/mol. The maximum absolute atomic E-state index is 12.3. The van der Waals surface area contributed by atoms with E-state index in [2.05, 4.69) is 20.7 Å². The molecule has 9 heteroatoms. The van der Waals surface area contributed by atoms with Crippen LogP contribution in [0.25, 0.3) is 0 Å². The summed E-state index contributed by atoms with van der Waals surface area (Å²) in [5.74, 6) is -1.97. The van der Waals surface area contributed by atoms with E-state index in [4.69, 9.17) is 5.11 Å². The highest BCUT2D eigenvalue weighted by Crippen LogP contribution is 2.25. The van der Waals surface area contributed by atoms with Crippen molar-refractivity contribution < 1.29 is 27.9 Å². The Morgan fingerprint density at radius 2 is 2.00 bits per heavy atom. The van der Waals surface area contributed by atoms with Crippen molar-refractivity contribution in [3.8, 4) is 0 Å². The number of sulfonamides is 1. The molecule has 7 nitrogen and oxygen atoms in total. The number of carbonyl (C=O) groups excluding carboxylic acids is 1. The van der Waals surface area contributed by atoms with E-state index in [1.807, 2.05) is 0 Å². The number of aromatic carboxylic acids is 1. The van der Waals surface area contributed by atoms with E-state index in [-0.39, 0.29) is 14.9 Å². The molecule has 0 heterocycles. The largest absolute Gasteiger partial charge is 0.478 e. The summed E-state index contributed by atoms with van der Waals surface area (Å²) in [7, 11) is -1.67. The van der Waals surface area contributed by atoms with Crippen LogP contribution in [0.4, 0.5) is 0 Å². The van der Waals surface area contributed by atoms with Crippen LogP contribution in [0, 0.1) is 0 Å². The quantitative estimate of drug-likeness (QED) is 0.779. The number of carboxylic acid groups (broad SMARTS) is 1. The molecule has 0 aromatic heterocycles. The number of likely N-dealkylation sites (N-methyl/N-ethyl adjacent to an activating group) is 1. The Balaban J connectivity index is 3.24. The van der Waals surface area contributed by atoms with E-state index in [1.165, 1.54) is 19.2 Å². The molecule has 110 valence electrons. The van der Waals surface area contributed by atoms with Crippen LogP contribution in [0.3, 0.4) is 0 Å². The smallest absolute Gasteiger partial charge is 0.335 e. The first-order chi connectivity index (χ1) is 9.20. The molecule has 0 atom stereocenters. The zero-order chi connectivity index (χ0) is 15.5. The number of carboxylic acids is 1. The minimum absolute atomic E-state index is 0.168. The molecule has 1 N–H and O–H groups in total. The number of rotatable bonds is 5. The lowest BCUT2D eigenvalue weighted by Gasteiger charge is -2.17. The second-order valence-electron chi connectivity index (χ2n) is 3.79. The summed E-state index contributed by atoms with van der Waals surface area (Å²) >= 11 is 3.05. The van der Waals surface area contributed by atoms with Gasteiger partial charge >= 0.3 is 11.9 Å². The van der Waals surface area contributed by atoms with E-state index in [0.717, 1.165) is 17.5 Å². The highest BCUT2D eigenvalue weighted by molar-refractivity contribution is 9.10. The van der Waals surface area contributed by atoms with Crippen LogP contribution >= 0.6 is 15.9 Å². The molecule has 1 aromatic rings.